The van der Waals surface area contributed by atoms with Crippen LogP contribution in [0.2, 0.25) is 0 Å². The summed E-state index contributed by atoms with van der Waals surface area (Å²) < 4.78 is 0. The lowest BCUT2D eigenvalue weighted by Gasteiger charge is -2.43. The first kappa shape index (κ1) is 12.9. The summed E-state index contributed by atoms with van der Waals surface area (Å²) >= 11 is 0. The van der Waals surface area contributed by atoms with Crippen LogP contribution in [0.4, 0.5) is 0 Å². The zero-order valence-electron chi connectivity index (χ0n) is 11.4. The maximum absolute atomic E-state index is 11.9. The van der Waals surface area contributed by atoms with E-state index in [0.717, 1.165) is 19.4 Å². The lowest BCUT2D eigenvalue weighted by molar-refractivity contribution is -0.131. The molecule has 0 unspecified atom stereocenters. The second kappa shape index (κ2) is 5.49. The topological polar surface area (TPSA) is 61.4 Å². The molecule has 3 fully saturated rings. The van der Waals surface area contributed by atoms with Crippen molar-refractivity contribution in [1.29, 1.82) is 0 Å². The van der Waals surface area contributed by atoms with Gasteiger partial charge in [0.15, 0.2) is 0 Å². The molecule has 5 nitrogen and oxygen atoms in total. The Morgan fingerprint density at radius 3 is 2.84 bits per heavy atom. The summed E-state index contributed by atoms with van der Waals surface area (Å²) in [7, 11) is 0. The van der Waals surface area contributed by atoms with Gasteiger partial charge in [-0.05, 0) is 31.6 Å². The molecule has 2 N–H and O–H groups in total. The first-order valence-corrected chi connectivity index (χ1v) is 7.52. The van der Waals surface area contributed by atoms with Crippen molar-refractivity contribution >= 4 is 11.8 Å². The van der Waals surface area contributed by atoms with Gasteiger partial charge in [-0.25, -0.2) is 0 Å². The highest BCUT2D eigenvalue weighted by molar-refractivity contribution is 5.82. The lowest BCUT2D eigenvalue weighted by Crippen LogP contribution is -2.62. The minimum Gasteiger partial charge on any atom is -0.355 e. The highest BCUT2D eigenvalue weighted by Crippen LogP contribution is 2.28. The van der Waals surface area contributed by atoms with Gasteiger partial charge in [0.1, 0.15) is 0 Å². The van der Waals surface area contributed by atoms with Gasteiger partial charge in [-0.1, -0.05) is 12.8 Å². The Morgan fingerprint density at radius 2 is 2.05 bits per heavy atom. The fourth-order valence-electron chi connectivity index (χ4n) is 3.26. The molecule has 0 aromatic rings. The third-order valence-electron chi connectivity index (χ3n) is 4.52. The summed E-state index contributed by atoms with van der Waals surface area (Å²) in [4.78, 5) is 25.7. The first-order chi connectivity index (χ1) is 9.22. The molecule has 0 aromatic carbocycles. The van der Waals surface area contributed by atoms with Gasteiger partial charge in [-0.2, -0.15) is 0 Å². The summed E-state index contributed by atoms with van der Waals surface area (Å²) in [5, 5.41) is 6.06. The molecule has 2 aliphatic carbocycles. The Bertz CT molecular complexity index is 368. The number of carbonyl (C=O) groups is 2. The zero-order chi connectivity index (χ0) is 13.2. The minimum absolute atomic E-state index is 0.0677. The number of fused-ring (bicyclic) bond motifs is 1. The fraction of sp³-hybridized carbons (Fsp3) is 0.857. The average Bonchev–Trinajstić information content (AvgIpc) is 3.20. The molecule has 106 valence electrons. The van der Waals surface area contributed by atoms with Crippen LogP contribution in [0.25, 0.3) is 0 Å². The van der Waals surface area contributed by atoms with E-state index in [1.54, 1.807) is 0 Å². The molecule has 2 saturated carbocycles. The van der Waals surface area contributed by atoms with Crippen LogP contribution in [0.3, 0.4) is 0 Å². The van der Waals surface area contributed by atoms with Crippen molar-refractivity contribution in [3.8, 4) is 0 Å². The Morgan fingerprint density at radius 1 is 1.26 bits per heavy atom. The monoisotopic (exact) mass is 265 g/mol. The van der Waals surface area contributed by atoms with Crippen molar-refractivity contribution in [2.45, 2.75) is 50.6 Å². The van der Waals surface area contributed by atoms with Crippen LogP contribution < -0.4 is 10.6 Å². The van der Waals surface area contributed by atoms with Gasteiger partial charge >= 0.3 is 0 Å². The summed E-state index contributed by atoms with van der Waals surface area (Å²) in [5.41, 5.74) is 0. The van der Waals surface area contributed by atoms with Crippen LogP contribution in [0, 0.1) is 5.92 Å². The third kappa shape index (κ3) is 3.26. The van der Waals surface area contributed by atoms with Gasteiger partial charge in [0.2, 0.25) is 11.8 Å². The Labute approximate surface area is 114 Å². The summed E-state index contributed by atoms with van der Waals surface area (Å²) in [5.74, 6) is 0.847. The van der Waals surface area contributed by atoms with E-state index in [-0.39, 0.29) is 17.9 Å². The molecule has 5 heteroatoms. The maximum Gasteiger partial charge on any atom is 0.234 e. The van der Waals surface area contributed by atoms with Crippen molar-refractivity contribution in [1.82, 2.24) is 15.5 Å². The maximum atomic E-state index is 11.9. The van der Waals surface area contributed by atoms with E-state index in [1.807, 2.05) is 0 Å². The molecule has 1 aliphatic heterocycles. The second-order valence-corrected chi connectivity index (χ2v) is 6.18. The van der Waals surface area contributed by atoms with Crippen LogP contribution in [0.5, 0.6) is 0 Å². The Hall–Kier alpha value is -1.10. The predicted molar refractivity (Wildman–Crippen MR) is 71.5 cm³/mol. The number of hydrogen-bond donors (Lipinski definition) is 2. The molecule has 0 aromatic heterocycles. The molecular formula is C14H23N3O2. The van der Waals surface area contributed by atoms with Crippen molar-refractivity contribution in [3.63, 3.8) is 0 Å². The SMILES string of the molecule is O=C(CN1CC(=O)N[C@@H]2CCCC[C@H]21)NCC1CC1. The first-order valence-electron chi connectivity index (χ1n) is 7.52. The molecule has 2 amide bonds. The van der Waals surface area contributed by atoms with Gasteiger partial charge in [0.05, 0.1) is 13.1 Å². The normalized spacial score (nSPS) is 31.5. The van der Waals surface area contributed by atoms with Crippen LogP contribution in [-0.4, -0.2) is 48.4 Å². The largest absolute Gasteiger partial charge is 0.355 e. The van der Waals surface area contributed by atoms with Crippen LogP contribution in [-0.2, 0) is 9.59 Å². The van der Waals surface area contributed by atoms with Gasteiger partial charge in [-0.3, -0.25) is 14.5 Å². The second-order valence-electron chi connectivity index (χ2n) is 6.18. The third-order valence-corrected chi connectivity index (χ3v) is 4.52. The minimum atomic E-state index is 0.0677. The highest BCUT2D eigenvalue weighted by Gasteiger charge is 2.37. The summed E-state index contributed by atoms with van der Waals surface area (Å²) in [6.07, 6.45) is 7.03. The molecule has 0 radical (unpaired) electrons. The fourth-order valence-corrected chi connectivity index (χ4v) is 3.26. The highest BCUT2D eigenvalue weighted by atomic mass is 16.2. The average molecular weight is 265 g/mol. The number of carbonyl (C=O) groups excluding carboxylic acids is 2. The van der Waals surface area contributed by atoms with Crippen molar-refractivity contribution < 1.29 is 9.59 Å². The van der Waals surface area contributed by atoms with E-state index in [2.05, 4.69) is 15.5 Å². The smallest absolute Gasteiger partial charge is 0.234 e. The van der Waals surface area contributed by atoms with Gasteiger partial charge in [-0.15, -0.1) is 0 Å². The van der Waals surface area contributed by atoms with Crippen molar-refractivity contribution in [2.24, 2.45) is 5.92 Å². The van der Waals surface area contributed by atoms with Crippen LogP contribution >= 0.6 is 0 Å². The van der Waals surface area contributed by atoms with E-state index in [9.17, 15) is 9.59 Å². The van der Waals surface area contributed by atoms with E-state index < -0.39 is 0 Å². The lowest BCUT2D eigenvalue weighted by atomic mass is 9.87. The van der Waals surface area contributed by atoms with Crippen LogP contribution in [0.1, 0.15) is 38.5 Å². The molecule has 3 aliphatic rings. The number of piperazine rings is 1. The number of nitrogens with one attached hydrogen (secondary N) is 2. The Balaban J connectivity index is 1.54. The van der Waals surface area contributed by atoms with E-state index in [0.29, 0.717) is 25.0 Å². The number of rotatable bonds is 4. The predicted octanol–water partition coefficient (Wildman–Crippen LogP) is 0.256. The molecule has 0 bridgehead atoms. The molecule has 3 rings (SSSR count). The van der Waals surface area contributed by atoms with Crippen molar-refractivity contribution in [3.05, 3.63) is 0 Å². The quantitative estimate of drug-likeness (QED) is 0.766. The number of nitrogens with zero attached hydrogens (tertiary/aromatic N) is 1. The van der Waals surface area contributed by atoms with E-state index in [4.69, 9.17) is 0 Å². The van der Waals surface area contributed by atoms with E-state index in [1.165, 1.54) is 25.7 Å². The number of amides is 2. The number of hydrogen-bond acceptors (Lipinski definition) is 3. The molecule has 2 atom stereocenters. The van der Waals surface area contributed by atoms with Crippen LogP contribution in [0.15, 0.2) is 0 Å². The zero-order valence-corrected chi connectivity index (χ0v) is 11.4. The summed E-state index contributed by atoms with van der Waals surface area (Å²) in [6, 6.07) is 0.615. The molecule has 1 heterocycles. The molecule has 19 heavy (non-hydrogen) atoms. The Kier molecular flexibility index (Phi) is 3.73. The van der Waals surface area contributed by atoms with Gasteiger partial charge < -0.3 is 10.6 Å². The molecule has 1 saturated heterocycles. The standard InChI is InChI=1S/C14H23N3O2/c18-13(15-7-10-5-6-10)8-17-9-14(19)16-11-3-1-2-4-12(11)17/h10-12H,1-9H2,(H,15,18)(H,16,19)/t11-,12-/m1/s1. The van der Waals surface area contributed by atoms with Crippen molar-refractivity contribution in [2.75, 3.05) is 19.6 Å². The molecular weight excluding hydrogens is 242 g/mol. The summed E-state index contributed by atoms with van der Waals surface area (Å²) in [6.45, 7) is 1.56. The molecule has 0 spiro atoms. The van der Waals surface area contributed by atoms with E-state index >= 15 is 0 Å². The van der Waals surface area contributed by atoms with Gasteiger partial charge in [0.25, 0.3) is 0 Å². The van der Waals surface area contributed by atoms with Gasteiger partial charge in [0, 0.05) is 18.6 Å².